The van der Waals surface area contributed by atoms with Crippen LogP contribution in [0, 0.1) is 21.7 Å². The molecule has 0 amide bonds. The molecule has 0 radical (unpaired) electrons. The highest BCUT2D eigenvalue weighted by Crippen LogP contribution is 2.55. The van der Waals surface area contributed by atoms with E-state index >= 15 is 0 Å². The Bertz CT molecular complexity index is 543. The molecule has 3 rings (SSSR count). The van der Waals surface area contributed by atoms with Crippen LogP contribution in [0.1, 0.15) is 12.8 Å². The predicted molar refractivity (Wildman–Crippen MR) is 81.5 cm³/mol. The second-order valence-corrected chi connectivity index (χ2v) is 9.83. The summed E-state index contributed by atoms with van der Waals surface area (Å²) >= 11 is 0. The van der Waals surface area contributed by atoms with Gasteiger partial charge < -0.3 is 4.90 Å². The van der Waals surface area contributed by atoms with E-state index in [1.54, 1.807) is 4.90 Å². The van der Waals surface area contributed by atoms with Gasteiger partial charge in [-0.05, 0) is 35.9 Å². The summed E-state index contributed by atoms with van der Waals surface area (Å²) in [5.74, 6) is 2.99. The Balaban J connectivity index is 1.80. The van der Waals surface area contributed by atoms with E-state index in [0.29, 0.717) is 13.1 Å². The van der Waals surface area contributed by atoms with Crippen LogP contribution in [0.2, 0.25) is 0 Å². The lowest BCUT2D eigenvalue weighted by atomic mass is 10.2. The molecule has 0 aromatic heterocycles. The summed E-state index contributed by atoms with van der Waals surface area (Å²) in [5, 5.41) is 10.6. The topological polar surface area (TPSA) is 46.4 Å². The van der Waals surface area contributed by atoms with Crippen molar-refractivity contribution in [3.63, 3.8) is 0 Å². The highest BCUT2D eigenvalue weighted by molar-refractivity contribution is 8.34. The minimum Gasteiger partial charge on any atom is -0.365 e. The van der Waals surface area contributed by atoms with Crippen molar-refractivity contribution in [3.05, 3.63) is 33.9 Å². The van der Waals surface area contributed by atoms with Gasteiger partial charge in [-0.2, -0.15) is 0 Å². The molecule has 2 aliphatic rings. The number of hydrogen-bond donors (Lipinski definition) is 0. The summed E-state index contributed by atoms with van der Waals surface area (Å²) in [6, 6.07) is 1.62. The average Bonchev–Trinajstić information content (AvgIpc) is 2.88. The summed E-state index contributed by atoms with van der Waals surface area (Å²) < 4.78 is 28.1. The van der Waals surface area contributed by atoms with Crippen molar-refractivity contribution in [2.75, 3.05) is 41.0 Å². The first-order valence-corrected chi connectivity index (χ1v) is 9.44. The number of benzene rings is 1. The second kappa shape index (κ2) is 5.44. The SMILES string of the molecule is O=[N+]([O-])c1cc(F)c(N2CCS3(CCCC3)CC2)c(F)c1. The summed E-state index contributed by atoms with van der Waals surface area (Å²) in [4.78, 5) is 11.6. The van der Waals surface area contributed by atoms with E-state index in [4.69, 9.17) is 0 Å². The third kappa shape index (κ3) is 2.71. The molecule has 0 N–H and O–H groups in total. The zero-order chi connectivity index (χ0) is 15.0. The molecule has 2 aliphatic heterocycles. The van der Waals surface area contributed by atoms with Crippen LogP contribution in [0.4, 0.5) is 20.2 Å². The first-order valence-electron chi connectivity index (χ1n) is 7.13. The Morgan fingerprint density at radius 2 is 1.57 bits per heavy atom. The quantitative estimate of drug-likeness (QED) is 0.621. The molecule has 0 unspecified atom stereocenters. The monoisotopic (exact) mass is 316 g/mol. The van der Waals surface area contributed by atoms with Gasteiger partial charge in [0.15, 0.2) is 11.6 Å². The maximum atomic E-state index is 14.0. The van der Waals surface area contributed by atoms with Gasteiger partial charge in [-0.15, -0.1) is 0 Å². The fraction of sp³-hybridized carbons (Fsp3) is 0.571. The predicted octanol–water partition coefficient (Wildman–Crippen LogP) is 3.29. The highest BCUT2D eigenvalue weighted by atomic mass is 32.3. The zero-order valence-corrected chi connectivity index (χ0v) is 12.5. The minimum atomic E-state index is -0.834. The van der Waals surface area contributed by atoms with Crippen LogP contribution in [0.3, 0.4) is 0 Å². The first-order chi connectivity index (χ1) is 10.0. The maximum Gasteiger partial charge on any atom is 0.275 e. The Labute approximate surface area is 123 Å². The number of nitro benzene ring substituents is 1. The molecule has 0 aliphatic carbocycles. The van der Waals surface area contributed by atoms with Crippen LogP contribution in [0.25, 0.3) is 0 Å². The third-order valence-corrected chi connectivity index (χ3v) is 8.93. The van der Waals surface area contributed by atoms with Crippen molar-refractivity contribution in [1.29, 1.82) is 0 Å². The molecule has 1 aromatic rings. The smallest absolute Gasteiger partial charge is 0.275 e. The molecule has 4 nitrogen and oxygen atoms in total. The van der Waals surface area contributed by atoms with E-state index in [0.717, 1.165) is 23.6 Å². The lowest BCUT2D eigenvalue weighted by Gasteiger charge is -2.44. The Morgan fingerprint density at radius 1 is 1.05 bits per heavy atom. The van der Waals surface area contributed by atoms with E-state index < -0.39 is 32.3 Å². The number of non-ortho nitro benzene ring substituents is 1. The lowest BCUT2D eigenvalue weighted by Crippen LogP contribution is -2.40. The Kier molecular flexibility index (Phi) is 3.77. The van der Waals surface area contributed by atoms with Gasteiger partial charge in [0, 0.05) is 13.1 Å². The third-order valence-electron chi connectivity index (χ3n) is 4.52. The number of halogens is 2. The highest BCUT2D eigenvalue weighted by Gasteiger charge is 2.34. The van der Waals surface area contributed by atoms with Crippen molar-refractivity contribution in [2.24, 2.45) is 0 Å². The molecular formula is C14H18F2N2O2S. The van der Waals surface area contributed by atoms with Gasteiger partial charge in [0.2, 0.25) is 0 Å². The number of nitro groups is 1. The van der Waals surface area contributed by atoms with Crippen molar-refractivity contribution in [1.82, 2.24) is 0 Å². The summed E-state index contributed by atoms with van der Waals surface area (Å²) in [6.07, 6.45) is 2.57. The van der Waals surface area contributed by atoms with Gasteiger partial charge in [-0.1, -0.05) is 0 Å². The van der Waals surface area contributed by atoms with E-state index in [9.17, 15) is 18.9 Å². The summed E-state index contributed by atoms with van der Waals surface area (Å²) in [7, 11) is -0.545. The second-order valence-electron chi connectivity index (χ2n) is 5.75. The normalized spacial score (nSPS) is 22.5. The maximum absolute atomic E-state index is 14.0. The first kappa shape index (κ1) is 14.6. The van der Waals surface area contributed by atoms with Crippen LogP contribution in [-0.4, -0.2) is 41.0 Å². The summed E-state index contributed by atoms with van der Waals surface area (Å²) in [5.41, 5.74) is -0.642. The number of rotatable bonds is 2. The molecule has 0 atom stereocenters. The van der Waals surface area contributed by atoms with Crippen molar-refractivity contribution in [2.45, 2.75) is 12.8 Å². The van der Waals surface area contributed by atoms with E-state index in [1.807, 2.05) is 0 Å². The standard InChI is InChI=1S/C14H18F2N2O2S/c15-12-9-11(18(19)20)10-13(16)14(12)17-3-7-21(8-4-17)5-1-2-6-21/h9-10H,1-8H2. The van der Waals surface area contributed by atoms with Gasteiger partial charge in [-0.3, -0.25) is 10.1 Å². The molecule has 7 heteroatoms. The van der Waals surface area contributed by atoms with E-state index in [-0.39, 0.29) is 5.69 Å². The number of nitrogens with zero attached hydrogens (tertiary/aromatic N) is 2. The van der Waals surface area contributed by atoms with Gasteiger partial charge >= 0.3 is 0 Å². The van der Waals surface area contributed by atoms with Gasteiger partial charge in [0.05, 0.1) is 17.1 Å². The van der Waals surface area contributed by atoms with E-state index in [1.165, 1.54) is 24.3 Å². The van der Waals surface area contributed by atoms with Crippen LogP contribution in [-0.2, 0) is 0 Å². The lowest BCUT2D eigenvalue weighted by molar-refractivity contribution is -0.385. The van der Waals surface area contributed by atoms with Gasteiger partial charge in [0.25, 0.3) is 5.69 Å². The largest absolute Gasteiger partial charge is 0.365 e. The molecule has 0 saturated carbocycles. The van der Waals surface area contributed by atoms with Crippen molar-refractivity contribution >= 4 is 21.4 Å². The molecule has 2 fully saturated rings. The molecule has 0 bridgehead atoms. The molecule has 116 valence electrons. The Hall–Kier alpha value is -1.37. The molecule has 21 heavy (non-hydrogen) atoms. The molecule has 1 aromatic carbocycles. The van der Waals surface area contributed by atoms with Crippen LogP contribution < -0.4 is 4.90 Å². The molecule has 2 heterocycles. The molecule has 2 saturated heterocycles. The van der Waals surface area contributed by atoms with Crippen LogP contribution in [0.5, 0.6) is 0 Å². The fourth-order valence-electron chi connectivity index (χ4n) is 3.33. The van der Waals surface area contributed by atoms with E-state index in [2.05, 4.69) is 0 Å². The molecular weight excluding hydrogens is 298 g/mol. The number of hydrogen-bond acceptors (Lipinski definition) is 3. The van der Waals surface area contributed by atoms with Crippen molar-refractivity contribution in [3.8, 4) is 0 Å². The van der Waals surface area contributed by atoms with Crippen LogP contribution >= 0.6 is 10.0 Å². The average molecular weight is 316 g/mol. The number of anilines is 1. The minimum absolute atomic E-state index is 0.104. The summed E-state index contributed by atoms with van der Waals surface area (Å²) in [6.45, 7) is 1.31. The van der Waals surface area contributed by atoms with Crippen molar-refractivity contribution < 1.29 is 13.7 Å². The van der Waals surface area contributed by atoms with Crippen LogP contribution in [0.15, 0.2) is 12.1 Å². The van der Waals surface area contributed by atoms with Gasteiger partial charge in [-0.25, -0.2) is 18.8 Å². The molecule has 1 spiro atoms. The van der Waals surface area contributed by atoms with Gasteiger partial charge in [0.1, 0.15) is 5.69 Å². The Morgan fingerprint density at radius 3 is 2.05 bits per heavy atom. The zero-order valence-electron chi connectivity index (χ0n) is 11.7. The fourth-order valence-corrected chi connectivity index (χ4v) is 7.40.